The lowest BCUT2D eigenvalue weighted by Crippen LogP contribution is -2.53. The van der Waals surface area contributed by atoms with E-state index in [1.807, 2.05) is 25.1 Å². The van der Waals surface area contributed by atoms with Crippen LogP contribution in [0.25, 0.3) is 11.1 Å². The highest BCUT2D eigenvalue weighted by Crippen LogP contribution is 2.40. The number of carbonyl (C=O) groups excluding carboxylic acids is 2. The molecular weight excluding hydrogens is 575 g/mol. The van der Waals surface area contributed by atoms with Gasteiger partial charge < -0.3 is 19.3 Å². The first kappa shape index (κ1) is 28.4. The van der Waals surface area contributed by atoms with Gasteiger partial charge in [0.25, 0.3) is 5.91 Å². The van der Waals surface area contributed by atoms with Gasteiger partial charge in [-0.3, -0.25) is 9.59 Å². The molecule has 210 valence electrons. The van der Waals surface area contributed by atoms with Gasteiger partial charge in [0, 0.05) is 36.2 Å². The molecule has 2 aliphatic heterocycles. The molecule has 0 radical (unpaired) electrons. The molecule has 0 bridgehead atoms. The van der Waals surface area contributed by atoms with Gasteiger partial charge in [0.1, 0.15) is 11.9 Å². The molecule has 3 aromatic carbocycles. The number of sulfone groups is 1. The van der Waals surface area contributed by atoms with Crippen molar-refractivity contribution in [2.75, 3.05) is 22.6 Å². The van der Waals surface area contributed by atoms with E-state index in [2.05, 4.69) is 0 Å². The maximum absolute atomic E-state index is 13.8. The summed E-state index contributed by atoms with van der Waals surface area (Å²) in [5.74, 6) is 0.101. The van der Waals surface area contributed by atoms with Crippen LogP contribution < -0.4 is 14.5 Å². The van der Waals surface area contributed by atoms with E-state index >= 15 is 0 Å². The Balaban J connectivity index is 1.43. The van der Waals surface area contributed by atoms with Gasteiger partial charge in [-0.25, -0.2) is 8.42 Å². The highest BCUT2D eigenvalue weighted by molar-refractivity contribution is 7.90. The fraction of sp³-hybridized carbons (Fsp3) is 0.310. The van der Waals surface area contributed by atoms with Crippen LogP contribution >= 0.6 is 23.2 Å². The number of hydrogen-bond acceptors (Lipinski definition) is 6. The van der Waals surface area contributed by atoms with Crippen molar-refractivity contribution in [3.63, 3.8) is 0 Å². The van der Waals surface area contributed by atoms with Crippen LogP contribution in [0.15, 0.2) is 65.6 Å². The molecule has 3 aromatic rings. The molecule has 3 unspecified atom stereocenters. The lowest BCUT2D eigenvalue weighted by molar-refractivity contribution is -0.137. The van der Waals surface area contributed by atoms with Crippen molar-refractivity contribution >= 4 is 56.2 Å². The van der Waals surface area contributed by atoms with Crippen LogP contribution in [0.3, 0.4) is 0 Å². The summed E-state index contributed by atoms with van der Waals surface area (Å²) < 4.78 is 35.7. The van der Waals surface area contributed by atoms with Gasteiger partial charge in [0.05, 0.1) is 22.3 Å². The molecule has 0 aromatic heterocycles. The smallest absolute Gasteiger partial charge is 0.256 e. The fourth-order valence-electron chi connectivity index (χ4n) is 5.19. The SMILES string of the molecule is CC(=O)N1c2ccc(-c3ccc(S(C)(=O)=O)cc3)cc2N(C(=O)C2CCC(Oc3cc(Cl)cc(Cl)c3)O2)CC1C. The molecule has 40 heavy (non-hydrogen) atoms. The number of fused-ring (bicyclic) bond motifs is 1. The van der Waals surface area contributed by atoms with Gasteiger partial charge in [-0.05, 0) is 66.9 Å². The minimum absolute atomic E-state index is 0.128. The second-order valence-electron chi connectivity index (χ2n) is 10.0. The summed E-state index contributed by atoms with van der Waals surface area (Å²) >= 11 is 12.2. The number of nitrogens with zero attached hydrogens (tertiary/aromatic N) is 2. The largest absolute Gasteiger partial charge is 0.465 e. The van der Waals surface area contributed by atoms with Gasteiger partial charge in [-0.2, -0.15) is 0 Å². The van der Waals surface area contributed by atoms with Crippen LogP contribution in [0.2, 0.25) is 10.0 Å². The number of anilines is 2. The molecule has 0 spiro atoms. The van der Waals surface area contributed by atoms with E-state index in [-0.39, 0.29) is 29.3 Å². The fourth-order valence-corrected chi connectivity index (χ4v) is 6.32. The summed E-state index contributed by atoms with van der Waals surface area (Å²) in [6, 6.07) is 16.7. The third-order valence-electron chi connectivity index (χ3n) is 6.99. The molecule has 2 aliphatic rings. The number of carbonyl (C=O) groups is 2. The predicted octanol–water partition coefficient (Wildman–Crippen LogP) is 5.74. The average molecular weight is 604 g/mol. The Kier molecular flexibility index (Phi) is 7.85. The van der Waals surface area contributed by atoms with E-state index in [9.17, 15) is 18.0 Å². The topological polar surface area (TPSA) is 93.2 Å². The Bertz CT molecular complexity index is 1560. The van der Waals surface area contributed by atoms with Crippen LogP contribution in [0.5, 0.6) is 5.75 Å². The Morgan fingerprint density at radius 1 is 0.925 bits per heavy atom. The van der Waals surface area contributed by atoms with Crippen LogP contribution in [0.4, 0.5) is 11.4 Å². The van der Waals surface area contributed by atoms with Crippen molar-refractivity contribution in [3.05, 3.63) is 70.7 Å². The molecule has 2 amide bonds. The average Bonchev–Trinajstić information content (AvgIpc) is 3.34. The van der Waals surface area contributed by atoms with Crippen molar-refractivity contribution in [2.45, 2.75) is 50.0 Å². The van der Waals surface area contributed by atoms with Crippen molar-refractivity contribution in [1.82, 2.24) is 0 Å². The van der Waals surface area contributed by atoms with Crippen molar-refractivity contribution < 1.29 is 27.5 Å². The van der Waals surface area contributed by atoms with Crippen LogP contribution in [0.1, 0.15) is 26.7 Å². The quantitative estimate of drug-likeness (QED) is 0.370. The molecule has 1 fully saturated rings. The number of benzene rings is 3. The molecule has 0 saturated carbocycles. The monoisotopic (exact) mass is 602 g/mol. The van der Waals surface area contributed by atoms with Crippen molar-refractivity contribution in [2.24, 2.45) is 0 Å². The van der Waals surface area contributed by atoms with Crippen molar-refractivity contribution in [3.8, 4) is 16.9 Å². The van der Waals surface area contributed by atoms with Gasteiger partial charge in [0.15, 0.2) is 9.84 Å². The first-order valence-corrected chi connectivity index (χ1v) is 15.4. The minimum Gasteiger partial charge on any atom is -0.465 e. The lowest BCUT2D eigenvalue weighted by atomic mass is 10.00. The molecular formula is C29H28Cl2N2O6S. The van der Waals surface area contributed by atoms with E-state index in [4.69, 9.17) is 32.7 Å². The lowest BCUT2D eigenvalue weighted by Gasteiger charge is -2.41. The molecule has 0 aliphatic carbocycles. The van der Waals surface area contributed by atoms with Crippen LogP contribution in [0, 0.1) is 0 Å². The Morgan fingerprint density at radius 3 is 2.20 bits per heavy atom. The third-order valence-corrected chi connectivity index (χ3v) is 8.56. The highest BCUT2D eigenvalue weighted by Gasteiger charge is 2.40. The Morgan fingerprint density at radius 2 is 1.57 bits per heavy atom. The zero-order chi connectivity index (χ0) is 28.8. The standard InChI is InChI=1S/C29H28Cl2N2O6S/c1-17-16-32(29(35)27-10-11-28(39-27)38-23-14-21(30)13-22(31)15-23)26-12-20(6-9-25(26)33(17)18(2)34)19-4-7-24(8-5-19)40(3,36)37/h4-9,12-15,17,27-28H,10-11,16H2,1-3H3. The second-order valence-corrected chi connectivity index (χ2v) is 12.9. The van der Waals surface area contributed by atoms with E-state index in [0.29, 0.717) is 40.0 Å². The highest BCUT2D eigenvalue weighted by atomic mass is 35.5. The maximum atomic E-state index is 13.8. The summed E-state index contributed by atoms with van der Waals surface area (Å²) in [4.78, 5) is 30.0. The number of amides is 2. The molecule has 8 nitrogen and oxygen atoms in total. The number of ether oxygens (including phenoxy) is 2. The van der Waals surface area contributed by atoms with Crippen LogP contribution in [-0.4, -0.2) is 51.5 Å². The van der Waals surface area contributed by atoms with E-state index < -0.39 is 22.2 Å². The number of halogens is 2. The minimum atomic E-state index is -3.33. The first-order valence-electron chi connectivity index (χ1n) is 12.7. The first-order chi connectivity index (χ1) is 18.9. The van der Waals surface area contributed by atoms with E-state index in [1.54, 1.807) is 52.3 Å². The summed E-state index contributed by atoms with van der Waals surface area (Å²) in [6.07, 6.45) is 0.747. The molecule has 0 N–H and O–H groups in total. The van der Waals surface area contributed by atoms with Crippen molar-refractivity contribution in [1.29, 1.82) is 0 Å². The summed E-state index contributed by atoms with van der Waals surface area (Å²) in [6.45, 7) is 3.68. The molecule has 3 atom stereocenters. The van der Waals surface area contributed by atoms with E-state index in [0.717, 1.165) is 17.4 Å². The third kappa shape index (κ3) is 5.83. The number of rotatable bonds is 5. The van der Waals surface area contributed by atoms with Gasteiger partial charge in [-0.1, -0.05) is 41.4 Å². The molecule has 1 saturated heterocycles. The van der Waals surface area contributed by atoms with E-state index in [1.165, 1.54) is 6.92 Å². The Hall–Kier alpha value is -3.11. The zero-order valence-electron chi connectivity index (χ0n) is 22.1. The van der Waals surface area contributed by atoms with Gasteiger partial charge in [0.2, 0.25) is 12.2 Å². The molecule has 5 rings (SSSR count). The predicted molar refractivity (Wildman–Crippen MR) is 155 cm³/mol. The number of hydrogen-bond donors (Lipinski definition) is 0. The van der Waals surface area contributed by atoms with Gasteiger partial charge in [-0.15, -0.1) is 0 Å². The normalized spacial score (nSPS) is 20.8. The second kappa shape index (κ2) is 11.0. The summed E-state index contributed by atoms with van der Waals surface area (Å²) in [5.41, 5.74) is 2.76. The van der Waals surface area contributed by atoms with Gasteiger partial charge >= 0.3 is 0 Å². The molecule has 2 heterocycles. The molecule has 11 heteroatoms. The zero-order valence-corrected chi connectivity index (χ0v) is 24.5. The van der Waals surface area contributed by atoms with Crippen LogP contribution in [-0.2, 0) is 24.2 Å². The summed E-state index contributed by atoms with van der Waals surface area (Å²) in [7, 11) is -3.33. The summed E-state index contributed by atoms with van der Waals surface area (Å²) in [5, 5.41) is 0.868. The maximum Gasteiger partial charge on any atom is 0.256 e. The Labute approximate surface area is 243 Å².